The fourth-order valence-corrected chi connectivity index (χ4v) is 4.22. The minimum atomic E-state index is -3.95. The highest BCUT2D eigenvalue weighted by Crippen LogP contribution is 2.26. The number of anilines is 1. The van der Waals surface area contributed by atoms with Crippen molar-refractivity contribution in [2.75, 3.05) is 24.2 Å². The van der Waals surface area contributed by atoms with E-state index >= 15 is 0 Å². The van der Waals surface area contributed by atoms with Gasteiger partial charge in [-0.2, -0.15) is 0 Å². The molecule has 0 saturated carbocycles. The van der Waals surface area contributed by atoms with Gasteiger partial charge in [0.05, 0.1) is 27.0 Å². The van der Waals surface area contributed by atoms with Gasteiger partial charge in [-0.1, -0.05) is 40.9 Å². The van der Waals surface area contributed by atoms with Gasteiger partial charge in [0.15, 0.2) is 0 Å². The summed E-state index contributed by atoms with van der Waals surface area (Å²) >= 11 is 17.8. The monoisotopic (exact) mass is 523 g/mol. The van der Waals surface area contributed by atoms with Crippen LogP contribution in [0.2, 0.25) is 15.1 Å². The molecule has 0 saturated heterocycles. The van der Waals surface area contributed by atoms with E-state index in [1.807, 2.05) is 0 Å². The first kappa shape index (κ1) is 26.2. The van der Waals surface area contributed by atoms with Crippen LogP contribution in [0.3, 0.4) is 0 Å². The first-order valence-electron chi connectivity index (χ1n) is 9.23. The summed E-state index contributed by atoms with van der Waals surface area (Å²) in [6.45, 7) is 0.837. The molecule has 1 atom stereocenters. The Morgan fingerprint density at radius 1 is 1.06 bits per heavy atom. The molecule has 0 bridgehead atoms. The molecule has 2 rings (SSSR count). The van der Waals surface area contributed by atoms with E-state index in [-0.39, 0.29) is 22.3 Å². The number of carbonyl (C=O) groups is 2. The van der Waals surface area contributed by atoms with Crippen LogP contribution in [-0.4, -0.2) is 51.0 Å². The van der Waals surface area contributed by atoms with Gasteiger partial charge in [0, 0.05) is 13.6 Å². The van der Waals surface area contributed by atoms with Crippen molar-refractivity contribution in [1.82, 2.24) is 10.2 Å². The number of rotatable bonds is 8. The zero-order valence-corrected chi connectivity index (χ0v) is 20.5. The molecule has 0 aromatic heterocycles. The lowest BCUT2D eigenvalue weighted by atomic mass is 10.1. The average Bonchev–Trinajstić information content (AvgIpc) is 2.72. The van der Waals surface area contributed by atoms with Crippen molar-refractivity contribution in [3.8, 4) is 0 Å². The summed E-state index contributed by atoms with van der Waals surface area (Å²) < 4.78 is 39.1. The second kappa shape index (κ2) is 10.7. The Bertz CT molecular complexity index is 1130. The van der Waals surface area contributed by atoms with Gasteiger partial charge in [0.25, 0.3) is 0 Å². The Morgan fingerprint density at radius 2 is 1.72 bits per heavy atom. The van der Waals surface area contributed by atoms with Crippen molar-refractivity contribution in [3.05, 3.63) is 62.8 Å². The van der Waals surface area contributed by atoms with Crippen molar-refractivity contribution in [2.45, 2.75) is 19.5 Å². The molecule has 2 amide bonds. The van der Waals surface area contributed by atoms with Gasteiger partial charge in [-0.25, -0.2) is 12.8 Å². The van der Waals surface area contributed by atoms with Crippen molar-refractivity contribution >= 4 is 62.3 Å². The molecule has 7 nitrogen and oxygen atoms in total. The Morgan fingerprint density at radius 3 is 2.25 bits per heavy atom. The first-order chi connectivity index (χ1) is 14.8. The maximum Gasteiger partial charge on any atom is 0.244 e. The van der Waals surface area contributed by atoms with E-state index in [0.717, 1.165) is 22.7 Å². The maximum absolute atomic E-state index is 13.5. The van der Waals surface area contributed by atoms with Gasteiger partial charge in [-0.15, -0.1) is 0 Å². The van der Waals surface area contributed by atoms with Crippen LogP contribution in [0.25, 0.3) is 0 Å². The van der Waals surface area contributed by atoms with Crippen LogP contribution < -0.4 is 9.62 Å². The highest BCUT2D eigenvalue weighted by Gasteiger charge is 2.30. The topological polar surface area (TPSA) is 86.8 Å². The lowest BCUT2D eigenvalue weighted by Gasteiger charge is -2.31. The summed E-state index contributed by atoms with van der Waals surface area (Å²) in [7, 11) is -2.53. The van der Waals surface area contributed by atoms with Crippen LogP contribution in [0.5, 0.6) is 0 Å². The third kappa shape index (κ3) is 6.48. The van der Waals surface area contributed by atoms with Crippen molar-refractivity contribution in [2.24, 2.45) is 0 Å². The van der Waals surface area contributed by atoms with E-state index in [9.17, 15) is 22.4 Å². The highest BCUT2D eigenvalue weighted by atomic mass is 35.5. The smallest absolute Gasteiger partial charge is 0.244 e. The number of sulfonamides is 1. The number of likely N-dealkylation sites (N-methyl/N-ethyl adjacent to an activating group) is 1. The minimum absolute atomic E-state index is 0.00864. The van der Waals surface area contributed by atoms with E-state index in [4.69, 9.17) is 34.8 Å². The quantitative estimate of drug-likeness (QED) is 0.570. The van der Waals surface area contributed by atoms with Gasteiger partial charge >= 0.3 is 0 Å². The second-order valence-corrected chi connectivity index (χ2v) is 10.1. The summed E-state index contributed by atoms with van der Waals surface area (Å²) in [5.74, 6) is -1.85. The van der Waals surface area contributed by atoms with Crippen molar-refractivity contribution in [3.63, 3.8) is 0 Å². The van der Waals surface area contributed by atoms with Gasteiger partial charge in [0.2, 0.25) is 21.8 Å². The lowest BCUT2D eigenvalue weighted by Crippen LogP contribution is -2.50. The number of hydrogen-bond donors (Lipinski definition) is 1. The molecule has 2 aromatic carbocycles. The predicted octanol–water partition coefficient (Wildman–Crippen LogP) is 3.72. The fourth-order valence-electron chi connectivity index (χ4n) is 2.88. The van der Waals surface area contributed by atoms with Crippen molar-refractivity contribution in [1.29, 1.82) is 0 Å². The predicted molar refractivity (Wildman–Crippen MR) is 124 cm³/mol. The molecule has 0 aliphatic carbocycles. The van der Waals surface area contributed by atoms with E-state index in [1.165, 1.54) is 24.9 Å². The standard InChI is InChI=1S/C20H21Cl3FN3O4S/c1-12(20(29)25-2)26(10-13-4-6-15(21)16(22)8-13)19(28)11-27(32(3,30)31)14-5-7-18(24)17(23)9-14/h4-9,12H,10-11H2,1-3H3,(H,25,29)/t12-/m1/s1. The molecule has 2 aromatic rings. The number of nitrogens with one attached hydrogen (secondary N) is 1. The van der Waals surface area contributed by atoms with E-state index in [1.54, 1.807) is 18.2 Å². The third-order valence-corrected chi connectivity index (χ3v) is 6.79. The molecular formula is C20H21Cl3FN3O4S. The zero-order chi connectivity index (χ0) is 24.2. The molecule has 0 spiro atoms. The Labute approximate surface area is 201 Å². The highest BCUT2D eigenvalue weighted by molar-refractivity contribution is 7.92. The maximum atomic E-state index is 13.5. The number of halogens is 4. The minimum Gasteiger partial charge on any atom is -0.357 e. The van der Waals surface area contributed by atoms with Gasteiger partial charge in [-0.3, -0.25) is 13.9 Å². The SMILES string of the molecule is CNC(=O)[C@@H](C)N(Cc1ccc(Cl)c(Cl)c1)C(=O)CN(c1ccc(F)c(Cl)c1)S(C)(=O)=O. The number of hydrogen-bond acceptors (Lipinski definition) is 4. The first-order valence-corrected chi connectivity index (χ1v) is 12.2. The molecule has 32 heavy (non-hydrogen) atoms. The Kier molecular flexibility index (Phi) is 8.75. The normalized spacial score (nSPS) is 12.2. The Balaban J connectivity index is 2.42. The number of amides is 2. The number of nitrogens with zero attached hydrogens (tertiary/aromatic N) is 2. The molecule has 0 radical (unpaired) electrons. The molecule has 174 valence electrons. The largest absolute Gasteiger partial charge is 0.357 e. The lowest BCUT2D eigenvalue weighted by molar-refractivity contribution is -0.139. The van der Waals surface area contributed by atoms with Gasteiger partial charge < -0.3 is 10.2 Å². The second-order valence-electron chi connectivity index (χ2n) is 6.93. The van der Waals surface area contributed by atoms with Gasteiger partial charge in [0.1, 0.15) is 18.4 Å². The number of benzene rings is 2. The summed E-state index contributed by atoms with van der Waals surface area (Å²) in [5.41, 5.74) is 0.591. The van der Waals surface area contributed by atoms with E-state index in [0.29, 0.717) is 10.6 Å². The zero-order valence-electron chi connectivity index (χ0n) is 17.4. The molecule has 0 aliphatic heterocycles. The van der Waals surface area contributed by atoms with E-state index < -0.39 is 40.2 Å². The molecule has 0 fully saturated rings. The fraction of sp³-hybridized carbons (Fsp3) is 0.300. The van der Waals surface area contributed by atoms with Crippen LogP contribution in [0.4, 0.5) is 10.1 Å². The molecule has 1 N–H and O–H groups in total. The van der Waals surface area contributed by atoms with Crippen LogP contribution in [0.15, 0.2) is 36.4 Å². The summed E-state index contributed by atoms with van der Waals surface area (Å²) in [6.07, 6.45) is 0.906. The summed E-state index contributed by atoms with van der Waals surface area (Å²) in [4.78, 5) is 26.7. The summed E-state index contributed by atoms with van der Waals surface area (Å²) in [5, 5.41) is 2.76. The molecule has 0 aliphatic rings. The molecular weight excluding hydrogens is 504 g/mol. The molecule has 0 unspecified atom stereocenters. The number of carbonyl (C=O) groups excluding carboxylic acids is 2. The van der Waals surface area contributed by atoms with Crippen LogP contribution >= 0.6 is 34.8 Å². The third-order valence-electron chi connectivity index (χ3n) is 4.62. The van der Waals surface area contributed by atoms with Crippen LogP contribution in [-0.2, 0) is 26.2 Å². The van der Waals surface area contributed by atoms with Crippen molar-refractivity contribution < 1.29 is 22.4 Å². The van der Waals surface area contributed by atoms with E-state index in [2.05, 4.69) is 5.32 Å². The molecule has 0 heterocycles. The summed E-state index contributed by atoms with van der Waals surface area (Å²) in [6, 6.07) is 7.11. The van der Waals surface area contributed by atoms with Crippen LogP contribution in [0, 0.1) is 5.82 Å². The average molecular weight is 525 g/mol. The molecule has 12 heteroatoms. The Hall–Kier alpha value is -2.07. The van der Waals surface area contributed by atoms with Crippen LogP contribution in [0.1, 0.15) is 12.5 Å². The van der Waals surface area contributed by atoms with Gasteiger partial charge in [-0.05, 0) is 42.8 Å².